The molecule has 0 heterocycles. The molecule has 0 radical (unpaired) electrons. The zero-order valence-electron chi connectivity index (χ0n) is 9.51. The summed E-state index contributed by atoms with van der Waals surface area (Å²) in [5.74, 6) is 0. The maximum Gasteiger partial charge on any atom is 0.188 e. The summed E-state index contributed by atoms with van der Waals surface area (Å²) in [6, 6.07) is 9.41. The fraction of sp³-hybridized carbons (Fsp3) is 0.455. The van der Waals surface area contributed by atoms with Gasteiger partial charge >= 0.3 is 0 Å². The van der Waals surface area contributed by atoms with Crippen LogP contribution >= 0.6 is 34.8 Å². The second-order valence-electron chi connectivity index (χ2n) is 4.53. The van der Waals surface area contributed by atoms with Crippen molar-refractivity contribution in [3.05, 3.63) is 35.9 Å². The summed E-state index contributed by atoms with van der Waals surface area (Å²) in [6.07, 6.45) is 0. The van der Waals surface area contributed by atoms with Gasteiger partial charge in [0, 0.05) is 5.56 Å². The minimum atomic E-state index is -1.84. The van der Waals surface area contributed by atoms with Crippen LogP contribution in [0.2, 0.25) is 19.6 Å². The van der Waals surface area contributed by atoms with E-state index in [9.17, 15) is 0 Å². The molecule has 0 saturated carbocycles. The predicted octanol–water partition coefficient (Wildman–Crippen LogP) is 4.73. The fourth-order valence-corrected chi connectivity index (χ4v) is 3.78. The van der Waals surface area contributed by atoms with Crippen molar-refractivity contribution in [3.8, 4) is 0 Å². The Bertz CT molecular complexity index is 337. The molecule has 1 nitrogen and oxygen atoms in total. The number of benzene rings is 1. The quantitative estimate of drug-likeness (QED) is 0.576. The van der Waals surface area contributed by atoms with E-state index in [1.807, 2.05) is 50.0 Å². The van der Waals surface area contributed by atoms with Gasteiger partial charge in [-0.1, -0.05) is 41.9 Å². The Labute approximate surface area is 113 Å². The van der Waals surface area contributed by atoms with Crippen LogP contribution in [0.4, 0.5) is 0 Å². The lowest BCUT2D eigenvalue weighted by Gasteiger charge is -2.35. The molecule has 1 aromatic rings. The molecule has 1 unspecified atom stereocenters. The number of halogens is 3. The van der Waals surface area contributed by atoms with Gasteiger partial charge in [0.15, 0.2) is 18.2 Å². The van der Waals surface area contributed by atoms with Crippen molar-refractivity contribution >= 4 is 43.1 Å². The molecule has 0 saturated heterocycles. The smallest absolute Gasteiger partial charge is 0.188 e. The topological polar surface area (TPSA) is 9.23 Å². The standard InChI is InChI=1S/C11H15Cl3OSi/c1-16(2,3)15-11(14,10(12)13)9-7-5-4-6-8-9/h4-8,10H,1-3H3. The summed E-state index contributed by atoms with van der Waals surface area (Å²) in [7, 11) is -1.84. The maximum atomic E-state index is 6.43. The van der Waals surface area contributed by atoms with Crippen LogP contribution < -0.4 is 0 Å². The van der Waals surface area contributed by atoms with Gasteiger partial charge in [0.25, 0.3) is 0 Å². The molecule has 0 bridgehead atoms. The van der Waals surface area contributed by atoms with E-state index in [2.05, 4.69) is 0 Å². The zero-order chi connectivity index (χ0) is 12.4. The molecule has 0 aromatic heterocycles. The third kappa shape index (κ3) is 3.64. The predicted molar refractivity (Wildman–Crippen MR) is 73.9 cm³/mol. The van der Waals surface area contributed by atoms with E-state index in [4.69, 9.17) is 39.2 Å². The van der Waals surface area contributed by atoms with E-state index >= 15 is 0 Å². The Kier molecular flexibility index (Phi) is 4.73. The Morgan fingerprint density at radius 3 is 2.00 bits per heavy atom. The van der Waals surface area contributed by atoms with E-state index in [-0.39, 0.29) is 0 Å². The molecular formula is C11H15Cl3OSi. The van der Waals surface area contributed by atoms with Crippen LogP contribution in [0, 0.1) is 0 Å². The molecular weight excluding hydrogens is 283 g/mol. The Morgan fingerprint density at radius 1 is 1.12 bits per heavy atom. The zero-order valence-corrected chi connectivity index (χ0v) is 12.8. The van der Waals surface area contributed by atoms with E-state index in [1.54, 1.807) is 0 Å². The van der Waals surface area contributed by atoms with Gasteiger partial charge in [-0.25, -0.2) is 0 Å². The van der Waals surface area contributed by atoms with Gasteiger partial charge in [-0.15, -0.1) is 23.2 Å². The van der Waals surface area contributed by atoms with E-state index in [0.29, 0.717) is 0 Å². The van der Waals surface area contributed by atoms with Crippen LogP contribution in [0.5, 0.6) is 0 Å². The van der Waals surface area contributed by atoms with Crippen molar-refractivity contribution in [1.82, 2.24) is 0 Å². The third-order valence-corrected chi connectivity index (χ3v) is 4.32. The van der Waals surface area contributed by atoms with E-state index in [1.165, 1.54) is 0 Å². The highest BCUT2D eigenvalue weighted by Crippen LogP contribution is 2.41. The first-order valence-electron chi connectivity index (χ1n) is 4.98. The first kappa shape index (κ1) is 14.3. The van der Waals surface area contributed by atoms with Gasteiger partial charge in [-0.2, -0.15) is 0 Å². The summed E-state index contributed by atoms with van der Waals surface area (Å²) in [5, 5.41) is -1.16. The minimum Gasteiger partial charge on any atom is -0.394 e. The summed E-state index contributed by atoms with van der Waals surface area (Å²) in [4.78, 5) is -0.816. The molecule has 1 aromatic carbocycles. The molecule has 0 aliphatic heterocycles. The molecule has 0 amide bonds. The third-order valence-electron chi connectivity index (χ3n) is 1.90. The molecule has 0 aliphatic carbocycles. The molecule has 1 rings (SSSR count). The van der Waals surface area contributed by atoms with Crippen molar-refractivity contribution < 1.29 is 4.43 Å². The normalized spacial score (nSPS) is 16.2. The molecule has 1 atom stereocenters. The Balaban J connectivity index is 3.08. The van der Waals surface area contributed by atoms with Crippen LogP contribution in [-0.4, -0.2) is 13.2 Å². The fourth-order valence-electron chi connectivity index (χ4n) is 1.34. The lowest BCUT2D eigenvalue weighted by Crippen LogP contribution is -2.41. The van der Waals surface area contributed by atoms with Gasteiger partial charge < -0.3 is 4.43 Å². The molecule has 0 fully saturated rings. The lowest BCUT2D eigenvalue weighted by atomic mass is 10.1. The van der Waals surface area contributed by atoms with Crippen LogP contribution in [-0.2, 0) is 9.49 Å². The highest BCUT2D eigenvalue weighted by molar-refractivity contribution is 6.70. The van der Waals surface area contributed by atoms with Crippen molar-refractivity contribution in [2.45, 2.75) is 29.5 Å². The summed E-state index contributed by atoms with van der Waals surface area (Å²) >= 11 is 18.3. The molecule has 0 N–H and O–H groups in total. The lowest BCUT2D eigenvalue weighted by molar-refractivity contribution is 0.165. The second kappa shape index (κ2) is 5.28. The van der Waals surface area contributed by atoms with Crippen molar-refractivity contribution in [3.63, 3.8) is 0 Å². The van der Waals surface area contributed by atoms with Gasteiger partial charge in [0.05, 0.1) is 0 Å². The van der Waals surface area contributed by atoms with Crippen LogP contribution in [0.1, 0.15) is 5.56 Å². The van der Waals surface area contributed by atoms with Gasteiger partial charge in [-0.3, -0.25) is 0 Å². The van der Waals surface area contributed by atoms with Crippen LogP contribution in [0.3, 0.4) is 0 Å². The monoisotopic (exact) mass is 296 g/mol. The minimum absolute atomic E-state index is 0.786. The highest BCUT2D eigenvalue weighted by Gasteiger charge is 2.41. The average molecular weight is 298 g/mol. The van der Waals surface area contributed by atoms with Crippen molar-refractivity contribution in [2.75, 3.05) is 0 Å². The van der Waals surface area contributed by atoms with Crippen LogP contribution in [0.25, 0.3) is 0 Å². The van der Waals surface area contributed by atoms with Crippen LogP contribution in [0.15, 0.2) is 30.3 Å². The molecule has 0 spiro atoms. The van der Waals surface area contributed by atoms with Gasteiger partial charge in [0.1, 0.15) is 0 Å². The SMILES string of the molecule is C[Si](C)(C)OC(Cl)(c1ccccc1)C(Cl)Cl. The van der Waals surface area contributed by atoms with E-state index < -0.39 is 18.2 Å². The van der Waals surface area contributed by atoms with Crippen molar-refractivity contribution in [1.29, 1.82) is 0 Å². The van der Waals surface area contributed by atoms with Gasteiger partial charge in [0.2, 0.25) is 0 Å². The van der Waals surface area contributed by atoms with Crippen molar-refractivity contribution in [2.24, 2.45) is 0 Å². The number of rotatable bonds is 4. The summed E-state index contributed by atoms with van der Waals surface area (Å²) in [5.41, 5.74) is 0.786. The molecule has 16 heavy (non-hydrogen) atoms. The first-order chi connectivity index (χ1) is 7.26. The summed E-state index contributed by atoms with van der Waals surface area (Å²) in [6.45, 7) is 6.13. The molecule has 0 aliphatic rings. The largest absolute Gasteiger partial charge is 0.394 e. The number of hydrogen-bond acceptors (Lipinski definition) is 1. The molecule has 90 valence electrons. The maximum absolute atomic E-state index is 6.43. The highest BCUT2D eigenvalue weighted by atomic mass is 35.5. The van der Waals surface area contributed by atoms with E-state index in [0.717, 1.165) is 5.56 Å². The Hall–Kier alpha value is 0.267. The Morgan fingerprint density at radius 2 is 1.62 bits per heavy atom. The average Bonchev–Trinajstić information content (AvgIpc) is 2.16. The number of hydrogen-bond donors (Lipinski definition) is 0. The molecule has 5 heteroatoms. The number of alkyl halides is 3. The van der Waals surface area contributed by atoms with Gasteiger partial charge in [-0.05, 0) is 19.6 Å². The summed E-state index contributed by atoms with van der Waals surface area (Å²) < 4.78 is 5.91. The second-order valence-corrected chi connectivity index (χ2v) is 10.6. The first-order valence-corrected chi connectivity index (χ1v) is 9.64.